The van der Waals surface area contributed by atoms with Crippen LogP contribution in [0.3, 0.4) is 0 Å². The molecule has 0 saturated carbocycles. The molecule has 0 aromatic carbocycles. The van der Waals surface area contributed by atoms with Crippen molar-refractivity contribution in [1.82, 2.24) is 4.90 Å². The molecule has 0 bridgehead atoms. The average molecular weight is 647 g/mol. The summed E-state index contributed by atoms with van der Waals surface area (Å²) in [4.78, 5) is 23.8. The Morgan fingerprint density at radius 3 is 1.46 bits per heavy atom. The second kappa shape index (κ2) is 10.4. The SMILES string of the molecule is CC(C)(CCC(F)(F)C(F)(F)C(F)(F)C(F)(F)C(F)(F)C(F)(F)C(F)(F)C(F)(F)F)OC(=O)N1CCC[C@H]1C(=O)O. The molecule has 5 nitrogen and oxygen atoms in total. The predicted molar refractivity (Wildman–Crippen MR) is 97.8 cm³/mol. The Morgan fingerprint density at radius 2 is 1.07 bits per heavy atom. The Hall–Kier alpha value is -2.45. The first kappa shape index (κ1) is 36.6. The van der Waals surface area contributed by atoms with Gasteiger partial charge in [0.1, 0.15) is 11.6 Å². The van der Waals surface area contributed by atoms with Gasteiger partial charge in [-0.05, 0) is 33.1 Å². The van der Waals surface area contributed by atoms with Gasteiger partial charge in [0, 0.05) is 13.0 Å². The number of ether oxygens (including phenoxy) is 1. The van der Waals surface area contributed by atoms with Gasteiger partial charge in [0.2, 0.25) is 0 Å². The number of carboxylic acids is 1. The lowest BCUT2D eigenvalue weighted by Crippen LogP contribution is -2.74. The van der Waals surface area contributed by atoms with Gasteiger partial charge < -0.3 is 9.84 Å². The molecule has 0 unspecified atom stereocenters. The van der Waals surface area contributed by atoms with E-state index in [9.17, 15) is 84.2 Å². The topological polar surface area (TPSA) is 66.8 Å². The highest BCUT2D eigenvalue weighted by Crippen LogP contribution is 2.64. The van der Waals surface area contributed by atoms with Gasteiger partial charge in [0.25, 0.3) is 0 Å². The van der Waals surface area contributed by atoms with E-state index in [-0.39, 0.29) is 19.4 Å². The van der Waals surface area contributed by atoms with Crippen molar-refractivity contribution in [3.63, 3.8) is 0 Å². The first-order valence-corrected chi connectivity index (χ1v) is 10.7. The minimum Gasteiger partial charge on any atom is -0.480 e. The lowest BCUT2D eigenvalue weighted by Gasteiger charge is -2.43. The van der Waals surface area contributed by atoms with E-state index in [0.29, 0.717) is 18.7 Å². The average Bonchev–Trinajstić information content (AvgIpc) is 3.26. The summed E-state index contributed by atoms with van der Waals surface area (Å²) >= 11 is 0. The zero-order valence-corrected chi connectivity index (χ0v) is 20.2. The summed E-state index contributed by atoms with van der Waals surface area (Å²) in [6, 6.07) is -1.49. The summed E-state index contributed by atoms with van der Waals surface area (Å²) in [5.41, 5.74) is -2.44. The van der Waals surface area contributed by atoms with Gasteiger partial charge in [-0.1, -0.05) is 0 Å². The van der Waals surface area contributed by atoms with E-state index in [1.165, 1.54) is 0 Å². The van der Waals surface area contributed by atoms with E-state index < -0.39 is 84.2 Å². The summed E-state index contributed by atoms with van der Waals surface area (Å²) in [7, 11) is 0. The summed E-state index contributed by atoms with van der Waals surface area (Å²) in [6.07, 6.45) is -13.9. The maximum absolute atomic E-state index is 14.1. The fraction of sp³-hybridized carbons (Fsp3) is 0.895. The number of hydrogen-bond acceptors (Lipinski definition) is 3. The molecule has 1 fully saturated rings. The first-order valence-electron chi connectivity index (χ1n) is 10.7. The minimum absolute atomic E-state index is 0.0959. The van der Waals surface area contributed by atoms with Crippen molar-refractivity contribution in [2.45, 2.75) is 98.8 Å². The highest BCUT2D eigenvalue weighted by molar-refractivity contribution is 5.80. The van der Waals surface area contributed by atoms with Crippen molar-refractivity contribution < 1.29 is 94.1 Å². The molecule has 1 saturated heterocycles. The number of hydrogen-bond donors (Lipinski definition) is 1. The van der Waals surface area contributed by atoms with Crippen LogP contribution in [0.25, 0.3) is 0 Å². The third-order valence-electron chi connectivity index (χ3n) is 5.96. The Balaban J connectivity index is 3.30. The zero-order chi connectivity index (χ0) is 33.1. The zero-order valence-electron chi connectivity index (χ0n) is 20.2. The molecule has 1 aliphatic rings. The molecule has 22 heteroatoms. The van der Waals surface area contributed by atoms with Crippen LogP contribution in [0.2, 0.25) is 0 Å². The van der Waals surface area contributed by atoms with Crippen LogP contribution in [0.15, 0.2) is 0 Å². The number of halogens is 17. The summed E-state index contributed by atoms with van der Waals surface area (Å²) in [5.74, 6) is -58.6. The normalized spacial score (nSPS) is 19.0. The molecule has 41 heavy (non-hydrogen) atoms. The van der Waals surface area contributed by atoms with Crippen molar-refractivity contribution >= 4 is 12.1 Å². The van der Waals surface area contributed by atoms with E-state index in [1.807, 2.05) is 0 Å². The molecule has 0 radical (unpaired) electrons. The van der Waals surface area contributed by atoms with Crippen LogP contribution in [0.4, 0.5) is 79.4 Å². The highest BCUT2D eigenvalue weighted by Gasteiger charge is 2.95. The van der Waals surface area contributed by atoms with E-state index in [2.05, 4.69) is 4.74 Å². The van der Waals surface area contributed by atoms with Crippen LogP contribution in [0.5, 0.6) is 0 Å². The highest BCUT2D eigenvalue weighted by atomic mass is 19.4. The Labute approximate surface area is 217 Å². The fourth-order valence-corrected chi connectivity index (χ4v) is 3.40. The quantitative estimate of drug-likeness (QED) is 0.240. The molecule has 1 aliphatic heterocycles. The second-order valence-electron chi connectivity index (χ2n) is 9.47. The lowest BCUT2D eigenvalue weighted by molar-refractivity contribution is -0.462. The number of carbonyl (C=O) groups excluding carboxylic acids is 1. The monoisotopic (exact) mass is 647 g/mol. The van der Waals surface area contributed by atoms with Crippen molar-refractivity contribution in [2.24, 2.45) is 0 Å². The second-order valence-corrected chi connectivity index (χ2v) is 9.47. The van der Waals surface area contributed by atoms with Crippen LogP contribution < -0.4 is 0 Å². The van der Waals surface area contributed by atoms with Gasteiger partial charge in [0.15, 0.2) is 0 Å². The number of carbonyl (C=O) groups is 2. The van der Waals surface area contributed by atoms with Gasteiger partial charge >= 0.3 is 59.7 Å². The molecule has 1 amide bonds. The largest absolute Gasteiger partial charge is 0.480 e. The smallest absolute Gasteiger partial charge is 0.460 e. The van der Waals surface area contributed by atoms with Crippen LogP contribution in [0.1, 0.15) is 39.5 Å². The molecule has 0 aromatic rings. The van der Waals surface area contributed by atoms with Gasteiger partial charge in [-0.15, -0.1) is 0 Å². The van der Waals surface area contributed by atoms with Gasteiger partial charge in [-0.25, -0.2) is 9.59 Å². The molecule has 1 heterocycles. The van der Waals surface area contributed by atoms with Crippen LogP contribution >= 0.6 is 0 Å². The van der Waals surface area contributed by atoms with Crippen molar-refractivity contribution in [1.29, 1.82) is 0 Å². The Bertz CT molecular complexity index is 992. The number of amides is 1. The van der Waals surface area contributed by atoms with Crippen LogP contribution in [-0.4, -0.2) is 87.9 Å². The van der Waals surface area contributed by atoms with E-state index >= 15 is 0 Å². The third-order valence-corrected chi connectivity index (χ3v) is 5.96. The molecule has 0 aromatic heterocycles. The maximum Gasteiger partial charge on any atom is 0.460 e. The maximum atomic E-state index is 14.1. The standard InChI is InChI=1S/C19H18F17NO4/c1-11(2,41-10(40)37-7-3-4-8(37)9(38)39)5-6-12(20,21)13(22,23)14(24,25)15(26,27)16(28,29)17(30,31)18(32,33)19(34,35)36/h8H,3-7H2,1-2H3,(H,38,39)/t8-/m0/s1. The molecule has 1 rings (SSSR count). The van der Waals surface area contributed by atoms with Gasteiger partial charge in [0.05, 0.1) is 0 Å². The lowest BCUT2D eigenvalue weighted by atomic mass is 9.87. The van der Waals surface area contributed by atoms with Crippen LogP contribution in [0, 0.1) is 0 Å². The first-order chi connectivity index (χ1) is 17.8. The number of aliphatic carboxylic acids is 1. The molecule has 0 spiro atoms. The number of alkyl halides is 17. The minimum atomic E-state index is -8.72. The fourth-order valence-electron chi connectivity index (χ4n) is 3.40. The van der Waals surface area contributed by atoms with E-state index in [4.69, 9.17) is 5.11 Å². The number of nitrogens with zero attached hydrogens (tertiary/aromatic N) is 1. The Kier molecular flexibility index (Phi) is 9.25. The van der Waals surface area contributed by atoms with Crippen molar-refractivity contribution in [2.75, 3.05) is 6.54 Å². The van der Waals surface area contributed by atoms with Crippen LogP contribution in [-0.2, 0) is 9.53 Å². The summed E-state index contributed by atoms with van der Waals surface area (Å²) in [5, 5.41) is 9.00. The molecule has 0 aliphatic carbocycles. The number of carboxylic acid groups (broad SMARTS) is 1. The van der Waals surface area contributed by atoms with E-state index in [1.54, 1.807) is 0 Å². The van der Waals surface area contributed by atoms with Crippen molar-refractivity contribution in [3.8, 4) is 0 Å². The number of rotatable bonds is 11. The molecular weight excluding hydrogens is 629 g/mol. The summed E-state index contributed by atoms with van der Waals surface area (Å²) < 4.78 is 232. The van der Waals surface area contributed by atoms with Gasteiger partial charge in [-0.3, -0.25) is 4.90 Å². The van der Waals surface area contributed by atoms with Crippen molar-refractivity contribution in [3.05, 3.63) is 0 Å². The molecule has 242 valence electrons. The molecular formula is C19H18F17NO4. The Morgan fingerprint density at radius 1 is 0.683 bits per heavy atom. The third kappa shape index (κ3) is 5.79. The van der Waals surface area contributed by atoms with Gasteiger partial charge in [-0.2, -0.15) is 74.6 Å². The molecule has 1 atom stereocenters. The van der Waals surface area contributed by atoms with E-state index in [0.717, 1.165) is 0 Å². The predicted octanol–water partition coefficient (Wildman–Crippen LogP) is 7.24. The molecule has 1 N–H and O–H groups in total. The number of likely N-dealkylation sites (tertiary alicyclic amines) is 1. The summed E-state index contributed by atoms with van der Waals surface area (Å²) in [6.45, 7) is 0.991.